The zero-order valence-electron chi connectivity index (χ0n) is 7.73. The third kappa shape index (κ3) is 2.29. The fraction of sp³-hybridized carbons (Fsp3) is 0.222. The van der Waals surface area contributed by atoms with Gasteiger partial charge in [0.05, 0.1) is 0 Å². The van der Waals surface area contributed by atoms with Crippen LogP contribution in [0.1, 0.15) is 16.1 Å². The molecular formula is C9H11N2O3+. The molecule has 74 valence electrons. The molecule has 0 unspecified atom stereocenters. The van der Waals surface area contributed by atoms with E-state index in [1.807, 2.05) is 0 Å². The van der Waals surface area contributed by atoms with Crippen LogP contribution in [0, 0.1) is 6.92 Å². The minimum absolute atomic E-state index is 0.174. The van der Waals surface area contributed by atoms with Crippen molar-refractivity contribution < 1.29 is 19.3 Å². The average molecular weight is 195 g/mol. The largest absolute Gasteiger partial charge is 0.477 e. The Hall–Kier alpha value is -1.91. The van der Waals surface area contributed by atoms with E-state index in [1.54, 1.807) is 19.1 Å². The zero-order valence-corrected chi connectivity index (χ0v) is 7.73. The quantitative estimate of drug-likeness (QED) is 0.635. The maximum atomic E-state index is 10.8. The van der Waals surface area contributed by atoms with Crippen LogP contribution in [-0.2, 0) is 11.3 Å². The molecule has 0 aliphatic heterocycles. The van der Waals surface area contributed by atoms with Gasteiger partial charge >= 0.3 is 5.97 Å². The molecule has 0 saturated carbocycles. The van der Waals surface area contributed by atoms with Gasteiger partial charge in [0.15, 0.2) is 11.9 Å². The number of carbonyl (C=O) groups excluding carboxylic acids is 1. The van der Waals surface area contributed by atoms with E-state index in [0.717, 1.165) is 5.69 Å². The Balaban J connectivity index is 3.08. The van der Waals surface area contributed by atoms with Gasteiger partial charge in [0.25, 0.3) is 5.91 Å². The van der Waals surface area contributed by atoms with Crippen molar-refractivity contribution in [1.82, 2.24) is 0 Å². The average Bonchev–Trinajstić information content (AvgIpc) is 2.07. The Kier molecular flexibility index (Phi) is 2.81. The molecular weight excluding hydrogens is 184 g/mol. The molecule has 0 aromatic carbocycles. The van der Waals surface area contributed by atoms with Gasteiger partial charge in [0.2, 0.25) is 6.54 Å². The number of aromatic nitrogens is 1. The molecule has 0 bridgehead atoms. The smallest absolute Gasteiger partial charge is 0.370 e. The Morgan fingerprint density at radius 3 is 2.64 bits per heavy atom. The van der Waals surface area contributed by atoms with Crippen LogP contribution in [0.25, 0.3) is 0 Å². The Morgan fingerprint density at radius 1 is 1.50 bits per heavy atom. The number of carboxylic acid groups (broad SMARTS) is 1. The number of hydrogen-bond acceptors (Lipinski definition) is 2. The topological polar surface area (TPSA) is 84.3 Å². The first kappa shape index (κ1) is 10.2. The number of hydrogen-bond donors (Lipinski definition) is 2. The van der Waals surface area contributed by atoms with Gasteiger partial charge in [-0.25, -0.2) is 4.79 Å². The second kappa shape index (κ2) is 3.87. The first-order valence-corrected chi connectivity index (χ1v) is 4.02. The molecule has 5 heteroatoms. The van der Waals surface area contributed by atoms with Crippen molar-refractivity contribution in [1.29, 1.82) is 0 Å². The van der Waals surface area contributed by atoms with Gasteiger partial charge in [-0.2, -0.15) is 4.57 Å². The fourth-order valence-electron chi connectivity index (χ4n) is 1.08. The molecule has 1 rings (SSSR count). The highest BCUT2D eigenvalue weighted by Gasteiger charge is 2.13. The van der Waals surface area contributed by atoms with E-state index in [2.05, 4.69) is 0 Å². The molecule has 0 atom stereocenters. The van der Waals surface area contributed by atoms with Crippen molar-refractivity contribution in [3.05, 3.63) is 29.6 Å². The number of carbonyl (C=O) groups is 2. The molecule has 0 saturated heterocycles. The Labute approximate surface area is 80.8 Å². The standard InChI is InChI=1S/C9H10N2O3/c1-6-2-3-7(9(10)14)4-11(6)5-8(12)13/h2-4H,5H2,1H3,(H2-,10,12,13,14)/p+1. The Morgan fingerprint density at radius 2 is 2.14 bits per heavy atom. The van der Waals surface area contributed by atoms with Gasteiger partial charge in [-0.05, 0) is 6.07 Å². The van der Waals surface area contributed by atoms with Crippen molar-refractivity contribution in [2.45, 2.75) is 13.5 Å². The third-order valence-corrected chi connectivity index (χ3v) is 1.84. The summed E-state index contributed by atoms with van der Waals surface area (Å²) in [5.74, 6) is -1.52. The lowest BCUT2D eigenvalue weighted by Crippen LogP contribution is -2.41. The number of pyridine rings is 1. The molecule has 1 amide bonds. The first-order valence-electron chi connectivity index (χ1n) is 4.02. The molecule has 0 aliphatic carbocycles. The highest BCUT2D eigenvalue weighted by atomic mass is 16.4. The van der Waals surface area contributed by atoms with Crippen molar-refractivity contribution in [3.63, 3.8) is 0 Å². The molecule has 1 heterocycles. The van der Waals surface area contributed by atoms with E-state index in [9.17, 15) is 9.59 Å². The summed E-state index contributed by atoms with van der Waals surface area (Å²) in [4.78, 5) is 21.3. The first-order chi connectivity index (χ1) is 6.50. The SMILES string of the molecule is Cc1ccc(C(N)=O)c[n+]1CC(=O)O. The minimum Gasteiger partial charge on any atom is -0.477 e. The molecule has 0 spiro atoms. The summed E-state index contributed by atoms with van der Waals surface area (Å²) in [6.07, 6.45) is 1.44. The lowest BCUT2D eigenvalue weighted by Gasteiger charge is -1.98. The summed E-state index contributed by atoms with van der Waals surface area (Å²) in [5, 5.41) is 8.58. The zero-order chi connectivity index (χ0) is 10.7. The van der Waals surface area contributed by atoms with E-state index in [1.165, 1.54) is 10.8 Å². The van der Waals surface area contributed by atoms with Gasteiger partial charge in [-0.15, -0.1) is 0 Å². The van der Waals surface area contributed by atoms with Crippen LogP contribution < -0.4 is 10.3 Å². The minimum atomic E-state index is -0.959. The molecule has 1 aromatic heterocycles. The van der Waals surface area contributed by atoms with E-state index in [0.29, 0.717) is 5.56 Å². The van der Waals surface area contributed by atoms with E-state index < -0.39 is 11.9 Å². The number of nitrogens with two attached hydrogens (primary N) is 1. The summed E-state index contributed by atoms with van der Waals surface area (Å²) < 4.78 is 1.46. The second-order valence-corrected chi connectivity index (χ2v) is 2.95. The molecule has 0 aliphatic rings. The Bertz CT molecular complexity index is 388. The maximum absolute atomic E-state index is 10.8. The highest BCUT2D eigenvalue weighted by Crippen LogP contribution is 1.96. The molecule has 0 fully saturated rings. The second-order valence-electron chi connectivity index (χ2n) is 2.95. The maximum Gasteiger partial charge on any atom is 0.370 e. The predicted molar refractivity (Wildman–Crippen MR) is 47.5 cm³/mol. The van der Waals surface area contributed by atoms with Gasteiger partial charge in [-0.3, -0.25) is 4.79 Å². The lowest BCUT2D eigenvalue weighted by molar-refractivity contribution is -0.691. The van der Waals surface area contributed by atoms with Crippen LogP contribution >= 0.6 is 0 Å². The molecule has 3 N–H and O–H groups in total. The predicted octanol–water partition coefficient (Wildman–Crippen LogP) is -0.534. The van der Waals surface area contributed by atoms with E-state index >= 15 is 0 Å². The van der Waals surface area contributed by atoms with E-state index in [-0.39, 0.29) is 6.54 Å². The van der Waals surface area contributed by atoms with Crippen LogP contribution in [0.15, 0.2) is 18.3 Å². The monoisotopic (exact) mass is 195 g/mol. The summed E-state index contributed by atoms with van der Waals surface area (Å²) in [5.41, 5.74) is 6.13. The van der Waals surface area contributed by atoms with Gasteiger partial charge < -0.3 is 10.8 Å². The van der Waals surface area contributed by atoms with Crippen molar-refractivity contribution in [2.75, 3.05) is 0 Å². The lowest BCUT2D eigenvalue weighted by atomic mass is 10.2. The van der Waals surface area contributed by atoms with Crippen LogP contribution in [0.2, 0.25) is 0 Å². The molecule has 1 aromatic rings. The number of carboxylic acids is 1. The van der Waals surface area contributed by atoms with Gasteiger partial charge in [-0.1, -0.05) is 0 Å². The van der Waals surface area contributed by atoms with E-state index in [4.69, 9.17) is 10.8 Å². The summed E-state index contributed by atoms with van der Waals surface area (Å²) in [6, 6.07) is 3.22. The number of amides is 1. The number of aryl methyl sites for hydroxylation is 1. The van der Waals surface area contributed by atoms with Crippen molar-refractivity contribution >= 4 is 11.9 Å². The van der Waals surface area contributed by atoms with Gasteiger partial charge in [0.1, 0.15) is 5.56 Å². The third-order valence-electron chi connectivity index (χ3n) is 1.84. The fourth-order valence-corrected chi connectivity index (χ4v) is 1.08. The number of nitrogens with zero attached hydrogens (tertiary/aromatic N) is 1. The summed E-state index contributed by atoms with van der Waals surface area (Å²) in [7, 11) is 0. The number of rotatable bonds is 3. The number of primary amides is 1. The molecule has 0 radical (unpaired) electrons. The van der Waals surface area contributed by atoms with Gasteiger partial charge in [0, 0.05) is 13.0 Å². The number of aliphatic carboxylic acids is 1. The molecule has 14 heavy (non-hydrogen) atoms. The van der Waals surface area contributed by atoms with Crippen LogP contribution in [-0.4, -0.2) is 17.0 Å². The summed E-state index contributed by atoms with van der Waals surface area (Å²) in [6.45, 7) is 1.58. The molecule has 5 nitrogen and oxygen atoms in total. The van der Waals surface area contributed by atoms with Crippen LogP contribution in [0.3, 0.4) is 0 Å². The normalized spacial score (nSPS) is 9.79. The van der Waals surface area contributed by atoms with Crippen molar-refractivity contribution in [2.24, 2.45) is 5.73 Å². The highest BCUT2D eigenvalue weighted by molar-refractivity contribution is 5.92. The van der Waals surface area contributed by atoms with Crippen LogP contribution in [0.4, 0.5) is 0 Å². The summed E-state index contributed by atoms with van der Waals surface area (Å²) >= 11 is 0. The van der Waals surface area contributed by atoms with Crippen molar-refractivity contribution in [3.8, 4) is 0 Å². The van der Waals surface area contributed by atoms with Crippen LogP contribution in [0.5, 0.6) is 0 Å².